The summed E-state index contributed by atoms with van der Waals surface area (Å²) in [5, 5.41) is 0.866. The zero-order valence-electron chi connectivity index (χ0n) is 26.2. The average molecular weight is 626 g/mol. The largest absolute Gasteiger partial charge is 0.319 e. The van der Waals surface area contributed by atoms with Gasteiger partial charge in [0.25, 0.3) is 0 Å². The standard InChI is InChI=1S/C42H32N3OP/c1-47(2,46)34-22-14-21-33(28-34)42(37-25-11-9-23-35(37)36-24-10-12-26-38(36)42)32-20-13-19-31(27-32)41-44-39(29-15-5-3-6-16-29)43-40(45-41)30-17-7-4-8-18-30/h3-28H,1-2H3. The van der Waals surface area contributed by atoms with Crippen molar-refractivity contribution in [3.05, 3.63) is 180 Å². The van der Waals surface area contributed by atoms with Gasteiger partial charge in [0.05, 0.1) is 5.41 Å². The van der Waals surface area contributed by atoms with Crippen molar-refractivity contribution in [1.29, 1.82) is 0 Å². The van der Waals surface area contributed by atoms with Gasteiger partial charge in [-0.1, -0.05) is 146 Å². The van der Waals surface area contributed by atoms with Crippen LogP contribution in [0.4, 0.5) is 0 Å². The van der Waals surface area contributed by atoms with E-state index < -0.39 is 12.6 Å². The minimum Gasteiger partial charge on any atom is -0.319 e. The number of hydrogen-bond acceptors (Lipinski definition) is 4. The van der Waals surface area contributed by atoms with Crippen molar-refractivity contribution in [2.24, 2.45) is 0 Å². The Balaban J connectivity index is 1.40. The lowest BCUT2D eigenvalue weighted by Gasteiger charge is -2.34. The normalized spacial score (nSPS) is 13.1. The second kappa shape index (κ2) is 11.4. The Morgan fingerprint density at radius 3 is 1.40 bits per heavy atom. The summed E-state index contributed by atoms with van der Waals surface area (Å²) in [6.45, 7) is 3.68. The fourth-order valence-electron chi connectivity index (χ4n) is 6.93. The molecule has 6 aromatic carbocycles. The van der Waals surface area contributed by atoms with E-state index in [1.54, 1.807) is 0 Å². The second-order valence-electron chi connectivity index (χ2n) is 12.4. The molecule has 0 fully saturated rings. The van der Waals surface area contributed by atoms with Crippen molar-refractivity contribution in [3.8, 4) is 45.3 Å². The van der Waals surface area contributed by atoms with E-state index in [2.05, 4.69) is 84.9 Å². The molecule has 4 nitrogen and oxygen atoms in total. The summed E-state index contributed by atoms with van der Waals surface area (Å²) in [6, 6.07) is 54.4. The molecule has 0 bridgehead atoms. The van der Waals surface area contributed by atoms with Crippen LogP contribution < -0.4 is 5.30 Å². The molecule has 0 N–H and O–H groups in total. The number of nitrogens with zero attached hydrogens (tertiary/aromatic N) is 3. The number of hydrogen-bond donors (Lipinski definition) is 0. The van der Waals surface area contributed by atoms with Gasteiger partial charge in [0.1, 0.15) is 7.14 Å². The van der Waals surface area contributed by atoms with Crippen molar-refractivity contribution < 1.29 is 4.57 Å². The van der Waals surface area contributed by atoms with Crippen LogP contribution in [0, 0.1) is 0 Å². The highest BCUT2D eigenvalue weighted by Gasteiger charge is 2.46. The topological polar surface area (TPSA) is 55.7 Å². The summed E-state index contributed by atoms with van der Waals surface area (Å²) >= 11 is 0. The molecule has 0 saturated heterocycles. The highest BCUT2D eigenvalue weighted by Crippen LogP contribution is 2.56. The Morgan fingerprint density at radius 1 is 0.447 bits per heavy atom. The molecule has 0 spiro atoms. The van der Waals surface area contributed by atoms with Gasteiger partial charge < -0.3 is 4.57 Å². The number of benzene rings is 6. The molecule has 226 valence electrons. The molecule has 1 aliphatic rings. The summed E-state index contributed by atoms with van der Waals surface area (Å²) in [7, 11) is -2.53. The Bertz CT molecular complexity index is 2210. The van der Waals surface area contributed by atoms with Gasteiger partial charge in [-0.05, 0) is 58.8 Å². The third-order valence-corrected chi connectivity index (χ3v) is 10.6. The van der Waals surface area contributed by atoms with E-state index in [4.69, 9.17) is 15.0 Å². The van der Waals surface area contributed by atoms with Crippen LogP contribution in [0.25, 0.3) is 45.3 Å². The first-order valence-corrected chi connectivity index (χ1v) is 18.4. The van der Waals surface area contributed by atoms with Gasteiger partial charge in [0.2, 0.25) is 0 Å². The van der Waals surface area contributed by atoms with Crippen LogP contribution in [0.5, 0.6) is 0 Å². The predicted octanol–water partition coefficient (Wildman–Crippen LogP) is 9.48. The van der Waals surface area contributed by atoms with Gasteiger partial charge in [-0.15, -0.1) is 0 Å². The lowest BCUT2D eigenvalue weighted by Crippen LogP contribution is -2.29. The Kier molecular flexibility index (Phi) is 7.04. The zero-order valence-corrected chi connectivity index (χ0v) is 27.1. The maximum Gasteiger partial charge on any atom is 0.164 e. The van der Waals surface area contributed by atoms with E-state index >= 15 is 0 Å². The summed E-state index contributed by atoms with van der Waals surface area (Å²) in [5.41, 5.74) is 9.08. The van der Waals surface area contributed by atoms with Gasteiger partial charge in [-0.2, -0.15) is 0 Å². The molecule has 0 saturated carbocycles. The number of fused-ring (bicyclic) bond motifs is 3. The molecule has 0 unspecified atom stereocenters. The van der Waals surface area contributed by atoms with Crippen LogP contribution in [0.1, 0.15) is 22.3 Å². The monoisotopic (exact) mass is 625 g/mol. The number of aromatic nitrogens is 3. The first kappa shape index (κ1) is 29.0. The third-order valence-electron chi connectivity index (χ3n) is 9.11. The van der Waals surface area contributed by atoms with Crippen LogP contribution in [-0.4, -0.2) is 28.3 Å². The van der Waals surface area contributed by atoms with E-state index in [0.29, 0.717) is 17.5 Å². The molecular formula is C42H32N3OP. The van der Waals surface area contributed by atoms with Gasteiger partial charge >= 0.3 is 0 Å². The van der Waals surface area contributed by atoms with E-state index in [-0.39, 0.29) is 0 Å². The van der Waals surface area contributed by atoms with E-state index in [9.17, 15) is 4.57 Å². The zero-order chi connectivity index (χ0) is 32.0. The first-order valence-electron chi connectivity index (χ1n) is 15.8. The third kappa shape index (κ3) is 4.93. The first-order chi connectivity index (χ1) is 22.9. The predicted molar refractivity (Wildman–Crippen MR) is 193 cm³/mol. The van der Waals surface area contributed by atoms with Crippen LogP contribution in [0.15, 0.2) is 158 Å². The Labute approximate surface area is 275 Å². The van der Waals surface area contributed by atoms with Crippen molar-refractivity contribution in [2.45, 2.75) is 5.41 Å². The van der Waals surface area contributed by atoms with E-state index in [1.165, 1.54) is 22.3 Å². The summed E-state index contributed by atoms with van der Waals surface area (Å²) in [6.07, 6.45) is 0. The molecule has 1 aliphatic carbocycles. The van der Waals surface area contributed by atoms with Gasteiger partial charge in [0.15, 0.2) is 17.5 Å². The Morgan fingerprint density at radius 2 is 0.872 bits per heavy atom. The molecule has 0 amide bonds. The molecule has 7 aromatic rings. The van der Waals surface area contributed by atoms with Gasteiger partial charge in [0, 0.05) is 22.0 Å². The van der Waals surface area contributed by atoms with Crippen LogP contribution in [0.3, 0.4) is 0 Å². The lowest BCUT2D eigenvalue weighted by atomic mass is 9.67. The quantitative estimate of drug-likeness (QED) is 0.173. The fourth-order valence-corrected chi connectivity index (χ4v) is 7.82. The minimum absolute atomic E-state index is 0.606. The van der Waals surface area contributed by atoms with E-state index in [0.717, 1.165) is 33.1 Å². The van der Waals surface area contributed by atoms with Crippen LogP contribution >= 0.6 is 7.14 Å². The molecule has 5 heteroatoms. The van der Waals surface area contributed by atoms with Crippen molar-refractivity contribution in [1.82, 2.24) is 15.0 Å². The number of rotatable bonds is 6. The lowest BCUT2D eigenvalue weighted by molar-refractivity contribution is 0.588. The molecule has 0 radical (unpaired) electrons. The molecule has 0 aliphatic heterocycles. The molecule has 47 heavy (non-hydrogen) atoms. The fraction of sp³-hybridized carbons (Fsp3) is 0.0714. The van der Waals surface area contributed by atoms with Crippen LogP contribution in [-0.2, 0) is 9.98 Å². The van der Waals surface area contributed by atoms with Crippen molar-refractivity contribution in [2.75, 3.05) is 13.3 Å². The van der Waals surface area contributed by atoms with Crippen molar-refractivity contribution in [3.63, 3.8) is 0 Å². The average Bonchev–Trinajstić information content (AvgIpc) is 3.43. The van der Waals surface area contributed by atoms with Gasteiger partial charge in [-0.25, -0.2) is 15.0 Å². The van der Waals surface area contributed by atoms with Crippen LogP contribution in [0.2, 0.25) is 0 Å². The van der Waals surface area contributed by atoms with Crippen molar-refractivity contribution >= 4 is 12.4 Å². The van der Waals surface area contributed by atoms with E-state index in [1.807, 2.05) is 86.1 Å². The van der Waals surface area contributed by atoms with Gasteiger partial charge in [-0.3, -0.25) is 0 Å². The summed E-state index contributed by atoms with van der Waals surface area (Å²) in [4.78, 5) is 15.0. The smallest absolute Gasteiger partial charge is 0.164 e. The Hall–Kier alpha value is -5.44. The molecule has 1 aromatic heterocycles. The molecule has 1 heterocycles. The SMILES string of the molecule is CP(C)(=O)c1cccc(C2(c3cccc(-c4nc(-c5ccccc5)nc(-c5ccccc5)n4)c3)c3ccccc3-c3ccccc32)c1. The minimum atomic E-state index is -2.53. The second-order valence-corrected chi connectivity index (χ2v) is 15.6. The molecular weight excluding hydrogens is 593 g/mol. The highest BCUT2D eigenvalue weighted by atomic mass is 31.2. The maximum absolute atomic E-state index is 13.4. The maximum atomic E-state index is 13.4. The highest BCUT2D eigenvalue weighted by molar-refractivity contribution is 7.70. The molecule has 8 rings (SSSR count). The summed E-state index contributed by atoms with van der Waals surface area (Å²) < 4.78 is 13.4. The molecule has 0 atom stereocenters. The summed E-state index contributed by atoms with van der Waals surface area (Å²) in [5.74, 6) is 1.86.